The maximum absolute atomic E-state index is 12.5. The van der Waals surface area contributed by atoms with Crippen LogP contribution in [-0.4, -0.2) is 24.6 Å². The summed E-state index contributed by atoms with van der Waals surface area (Å²) in [5.74, 6) is 1.51. The Morgan fingerprint density at radius 2 is 1.82 bits per heavy atom. The molecular formula is C18H19NO3. The molecule has 22 heavy (non-hydrogen) atoms. The third-order valence-electron chi connectivity index (χ3n) is 3.96. The van der Waals surface area contributed by atoms with Gasteiger partial charge in [-0.3, -0.25) is 4.79 Å². The first-order valence-corrected chi connectivity index (χ1v) is 7.26. The number of nitrogens with zero attached hydrogens (tertiary/aromatic N) is 1. The van der Waals surface area contributed by atoms with Gasteiger partial charge in [0.25, 0.3) is 5.91 Å². The van der Waals surface area contributed by atoms with Gasteiger partial charge < -0.3 is 14.4 Å². The first-order chi connectivity index (χ1) is 10.5. The Hall–Kier alpha value is -2.49. The molecule has 0 N–H and O–H groups in total. The van der Waals surface area contributed by atoms with Gasteiger partial charge >= 0.3 is 0 Å². The van der Waals surface area contributed by atoms with Gasteiger partial charge in [-0.05, 0) is 54.8 Å². The molecule has 0 aromatic heterocycles. The number of carbonyl (C=O) groups is 1. The minimum absolute atomic E-state index is 0.0146. The van der Waals surface area contributed by atoms with Crippen LogP contribution in [0.5, 0.6) is 11.5 Å². The highest BCUT2D eigenvalue weighted by atomic mass is 16.7. The van der Waals surface area contributed by atoms with Gasteiger partial charge in [0.05, 0.1) is 0 Å². The van der Waals surface area contributed by atoms with Gasteiger partial charge in [0, 0.05) is 19.2 Å². The molecule has 3 rings (SSSR count). The van der Waals surface area contributed by atoms with Crippen LogP contribution in [0.4, 0.5) is 0 Å². The second-order valence-electron chi connectivity index (χ2n) is 5.65. The zero-order valence-corrected chi connectivity index (χ0v) is 13.1. The Balaban J connectivity index is 1.74. The molecular weight excluding hydrogens is 278 g/mol. The summed E-state index contributed by atoms with van der Waals surface area (Å²) in [4.78, 5) is 14.2. The fourth-order valence-corrected chi connectivity index (χ4v) is 2.48. The second kappa shape index (κ2) is 5.72. The van der Waals surface area contributed by atoms with Crippen LogP contribution >= 0.6 is 0 Å². The van der Waals surface area contributed by atoms with Gasteiger partial charge in [-0.15, -0.1) is 0 Å². The fourth-order valence-electron chi connectivity index (χ4n) is 2.48. The normalized spacial score (nSPS) is 12.3. The summed E-state index contributed by atoms with van der Waals surface area (Å²) in [6, 6.07) is 11.6. The molecule has 1 aliphatic heterocycles. The molecule has 0 saturated carbocycles. The number of aryl methyl sites for hydroxylation is 2. The molecule has 4 heteroatoms. The summed E-state index contributed by atoms with van der Waals surface area (Å²) >= 11 is 0. The van der Waals surface area contributed by atoms with Crippen molar-refractivity contribution < 1.29 is 14.3 Å². The van der Waals surface area contributed by atoms with Gasteiger partial charge in [0.1, 0.15) is 0 Å². The average molecular weight is 297 g/mol. The summed E-state index contributed by atoms with van der Waals surface area (Å²) < 4.78 is 10.7. The van der Waals surface area contributed by atoms with Crippen molar-refractivity contribution in [3.05, 3.63) is 58.7 Å². The van der Waals surface area contributed by atoms with Crippen molar-refractivity contribution in [3.63, 3.8) is 0 Å². The van der Waals surface area contributed by atoms with Gasteiger partial charge in [-0.1, -0.05) is 12.1 Å². The lowest BCUT2D eigenvalue weighted by molar-refractivity contribution is 0.0785. The van der Waals surface area contributed by atoms with Crippen molar-refractivity contribution in [3.8, 4) is 11.5 Å². The van der Waals surface area contributed by atoms with Crippen molar-refractivity contribution in [2.24, 2.45) is 0 Å². The van der Waals surface area contributed by atoms with E-state index in [1.807, 2.05) is 57.3 Å². The zero-order chi connectivity index (χ0) is 15.7. The van der Waals surface area contributed by atoms with E-state index in [4.69, 9.17) is 9.47 Å². The SMILES string of the molecule is Cc1ccc(C(=O)N(C)Cc2ccc3c(c2)OCO3)cc1C. The molecule has 114 valence electrons. The van der Waals surface area contributed by atoms with E-state index in [0.717, 1.165) is 22.6 Å². The van der Waals surface area contributed by atoms with E-state index in [9.17, 15) is 4.79 Å². The van der Waals surface area contributed by atoms with E-state index in [2.05, 4.69) is 0 Å². The lowest BCUT2D eigenvalue weighted by Crippen LogP contribution is -2.26. The maximum Gasteiger partial charge on any atom is 0.253 e. The molecule has 0 fully saturated rings. The lowest BCUT2D eigenvalue weighted by atomic mass is 10.1. The van der Waals surface area contributed by atoms with Gasteiger partial charge in [-0.25, -0.2) is 0 Å². The molecule has 0 radical (unpaired) electrons. The van der Waals surface area contributed by atoms with Crippen LogP contribution in [0.25, 0.3) is 0 Å². The average Bonchev–Trinajstić information content (AvgIpc) is 2.97. The first-order valence-electron chi connectivity index (χ1n) is 7.26. The van der Waals surface area contributed by atoms with Gasteiger partial charge in [-0.2, -0.15) is 0 Å². The quantitative estimate of drug-likeness (QED) is 0.872. The molecule has 1 heterocycles. The van der Waals surface area contributed by atoms with Crippen molar-refractivity contribution in [2.75, 3.05) is 13.8 Å². The highest BCUT2D eigenvalue weighted by Gasteiger charge is 2.16. The Labute approximate surface area is 130 Å². The number of carbonyl (C=O) groups excluding carboxylic acids is 1. The Kier molecular flexibility index (Phi) is 3.75. The number of hydrogen-bond acceptors (Lipinski definition) is 3. The number of ether oxygens (including phenoxy) is 2. The van der Waals surface area contributed by atoms with Crippen LogP contribution in [0.1, 0.15) is 27.0 Å². The van der Waals surface area contributed by atoms with E-state index in [1.165, 1.54) is 5.56 Å². The van der Waals surface area contributed by atoms with Crippen LogP contribution < -0.4 is 9.47 Å². The number of hydrogen-bond donors (Lipinski definition) is 0. The zero-order valence-electron chi connectivity index (χ0n) is 13.1. The predicted molar refractivity (Wildman–Crippen MR) is 84.3 cm³/mol. The molecule has 0 bridgehead atoms. The number of fused-ring (bicyclic) bond motifs is 1. The van der Waals surface area contributed by atoms with E-state index in [-0.39, 0.29) is 12.7 Å². The third-order valence-corrected chi connectivity index (χ3v) is 3.96. The molecule has 2 aromatic carbocycles. The smallest absolute Gasteiger partial charge is 0.253 e. The predicted octanol–water partition coefficient (Wildman–Crippen LogP) is 3.30. The molecule has 4 nitrogen and oxygen atoms in total. The molecule has 0 spiro atoms. The second-order valence-corrected chi connectivity index (χ2v) is 5.65. The summed E-state index contributed by atoms with van der Waals surface area (Å²) in [7, 11) is 1.81. The summed E-state index contributed by atoms with van der Waals surface area (Å²) in [6.45, 7) is 4.85. The number of rotatable bonds is 3. The highest BCUT2D eigenvalue weighted by molar-refractivity contribution is 5.94. The lowest BCUT2D eigenvalue weighted by Gasteiger charge is -2.18. The largest absolute Gasteiger partial charge is 0.454 e. The highest BCUT2D eigenvalue weighted by Crippen LogP contribution is 2.32. The van der Waals surface area contributed by atoms with Crippen LogP contribution in [-0.2, 0) is 6.54 Å². The Bertz CT molecular complexity index is 724. The molecule has 1 aliphatic rings. The van der Waals surface area contributed by atoms with Gasteiger partial charge in [0.15, 0.2) is 11.5 Å². The van der Waals surface area contributed by atoms with Crippen LogP contribution in [0.3, 0.4) is 0 Å². The van der Waals surface area contributed by atoms with Crippen molar-refractivity contribution in [1.82, 2.24) is 4.90 Å². The van der Waals surface area contributed by atoms with E-state index >= 15 is 0 Å². The molecule has 0 unspecified atom stereocenters. The maximum atomic E-state index is 12.5. The fraction of sp³-hybridized carbons (Fsp3) is 0.278. The topological polar surface area (TPSA) is 38.8 Å². The standard InChI is InChI=1S/C18H19NO3/c1-12-4-6-15(8-13(12)2)18(20)19(3)10-14-5-7-16-17(9-14)22-11-21-16/h4-9H,10-11H2,1-3H3. The van der Waals surface area contributed by atoms with Crippen LogP contribution in [0.15, 0.2) is 36.4 Å². The van der Waals surface area contributed by atoms with Crippen molar-refractivity contribution in [2.45, 2.75) is 20.4 Å². The molecule has 0 aliphatic carbocycles. The molecule has 1 amide bonds. The third kappa shape index (κ3) is 2.77. The first kappa shape index (κ1) is 14.4. The number of amides is 1. The van der Waals surface area contributed by atoms with E-state index < -0.39 is 0 Å². The summed E-state index contributed by atoms with van der Waals surface area (Å²) in [5, 5.41) is 0. The van der Waals surface area contributed by atoms with Crippen LogP contribution in [0.2, 0.25) is 0 Å². The molecule has 0 atom stereocenters. The molecule has 2 aromatic rings. The van der Waals surface area contributed by atoms with Crippen molar-refractivity contribution in [1.29, 1.82) is 0 Å². The Morgan fingerprint density at radius 1 is 1.05 bits per heavy atom. The molecule has 0 saturated heterocycles. The summed E-state index contributed by atoms with van der Waals surface area (Å²) in [6.07, 6.45) is 0. The summed E-state index contributed by atoms with van der Waals surface area (Å²) in [5.41, 5.74) is 4.05. The minimum atomic E-state index is 0.0146. The monoisotopic (exact) mass is 297 g/mol. The van der Waals surface area contributed by atoms with Crippen LogP contribution in [0, 0.1) is 13.8 Å². The minimum Gasteiger partial charge on any atom is -0.454 e. The Morgan fingerprint density at radius 3 is 2.59 bits per heavy atom. The van der Waals surface area contributed by atoms with E-state index in [0.29, 0.717) is 12.1 Å². The number of benzene rings is 2. The van der Waals surface area contributed by atoms with Crippen molar-refractivity contribution >= 4 is 5.91 Å². The van der Waals surface area contributed by atoms with E-state index in [1.54, 1.807) is 4.90 Å². The van der Waals surface area contributed by atoms with Gasteiger partial charge in [0.2, 0.25) is 6.79 Å².